The van der Waals surface area contributed by atoms with Crippen LogP contribution in [0, 0.1) is 0 Å². The number of nitrogens with one attached hydrogen (secondary N) is 2. The molecule has 8 heteroatoms. The van der Waals surface area contributed by atoms with Crippen molar-refractivity contribution in [2.45, 2.75) is 25.9 Å². The highest BCUT2D eigenvalue weighted by molar-refractivity contribution is 5.96. The lowest BCUT2D eigenvalue weighted by Gasteiger charge is -2.13. The van der Waals surface area contributed by atoms with E-state index in [1.165, 1.54) is 21.1 Å². The second-order valence-corrected chi connectivity index (χ2v) is 4.89. The standard InChI is InChI=1S/C16H22N2O6/c1-10(15(20)18-16(21)17-2)24-14(19)8-6-11-5-7-12(22-3)13(9-11)23-4/h5,7,9-10H,6,8H2,1-4H3,(H2,17,18,20,21). The summed E-state index contributed by atoms with van der Waals surface area (Å²) < 4.78 is 15.3. The first-order chi connectivity index (χ1) is 11.4. The topological polar surface area (TPSA) is 103 Å². The van der Waals surface area contributed by atoms with Crippen molar-refractivity contribution in [3.63, 3.8) is 0 Å². The van der Waals surface area contributed by atoms with Gasteiger partial charge in [0.1, 0.15) is 0 Å². The molecule has 8 nitrogen and oxygen atoms in total. The summed E-state index contributed by atoms with van der Waals surface area (Å²) in [6, 6.07) is 4.68. The van der Waals surface area contributed by atoms with Crippen LogP contribution in [0.25, 0.3) is 0 Å². The van der Waals surface area contributed by atoms with Crippen molar-refractivity contribution in [3.05, 3.63) is 23.8 Å². The fraction of sp³-hybridized carbons (Fsp3) is 0.438. The highest BCUT2D eigenvalue weighted by Crippen LogP contribution is 2.27. The van der Waals surface area contributed by atoms with Gasteiger partial charge in [-0.2, -0.15) is 0 Å². The van der Waals surface area contributed by atoms with Gasteiger partial charge < -0.3 is 19.5 Å². The smallest absolute Gasteiger partial charge is 0.321 e. The third-order valence-corrected chi connectivity index (χ3v) is 3.21. The molecule has 0 saturated carbocycles. The number of ether oxygens (including phenoxy) is 3. The van der Waals surface area contributed by atoms with Gasteiger partial charge in [0.15, 0.2) is 17.6 Å². The van der Waals surface area contributed by atoms with Crippen molar-refractivity contribution < 1.29 is 28.6 Å². The molecule has 0 aliphatic rings. The van der Waals surface area contributed by atoms with Gasteiger partial charge in [-0.1, -0.05) is 6.07 Å². The molecule has 1 aromatic rings. The molecule has 2 N–H and O–H groups in total. The van der Waals surface area contributed by atoms with Gasteiger partial charge >= 0.3 is 12.0 Å². The summed E-state index contributed by atoms with van der Waals surface area (Å²) in [4.78, 5) is 34.4. The van der Waals surface area contributed by atoms with Crippen LogP contribution in [0.4, 0.5) is 4.79 Å². The maximum atomic E-state index is 11.8. The summed E-state index contributed by atoms with van der Waals surface area (Å²) in [5, 5.41) is 4.28. The number of carbonyl (C=O) groups is 3. The first-order valence-corrected chi connectivity index (χ1v) is 7.34. The molecule has 0 aliphatic carbocycles. The molecule has 24 heavy (non-hydrogen) atoms. The molecule has 1 aromatic carbocycles. The van der Waals surface area contributed by atoms with Crippen LogP contribution in [-0.2, 0) is 20.7 Å². The molecule has 1 unspecified atom stereocenters. The first kappa shape index (κ1) is 19.3. The average molecular weight is 338 g/mol. The predicted molar refractivity (Wildman–Crippen MR) is 86.0 cm³/mol. The Morgan fingerprint density at radius 2 is 1.79 bits per heavy atom. The summed E-state index contributed by atoms with van der Waals surface area (Å²) in [6.07, 6.45) is -0.545. The zero-order valence-electron chi connectivity index (χ0n) is 14.2. The molecule has 1 rings (SSSR count). The molecule has 0 radical (unpaired) electrons. The Morgan fingerprint density at radius 1 is 1.12 bits per heavy atom. The summed E-state index contributed by atoms with van der Waals surface area (Å²) in [6.45, 7) is 1.40. The summed E-state index contributed by atoms with van der Waals surface area (Å²) in [5.41, 5.74) is 0.868. The van der Waals surface area contributed by atoms with Crippen LogP contribution in [0.1, 0.15) is 18.9 Å². The van der Waals surface area contributed by atoms with Crippen molar-refractivity contribution in [2.24, 2.45) is 0 Å². The van der Waals surface area contributed by atoms with E-state index in [9.17, 15) is 14.4 Å². The molecule has 0 aliphatic heterocycles. The maximum absolute atomic E-state index is 11.8. The van der Waals surface area contributed by atoms with E-state index in [0.717, 1.165) is 5.56 Å². The van der Waals surface area contributed by atoms with Gasteiger partial charge in [-0.3, -0.25) is 14.9 Å². The molecule has 0 bridgehead atoms. The molecular weight excluding hydrogens is 316 g/mol. The Labute approximate surface area is 140 Å². The summed E-state index contributed by atoms with van der Waals surface area (Å²) >= 11 is 0. The molecule has 0 spiro atoms. The SMILES string of the molecule is CNC(=O)NC(=O)C(C)OC(=O)CCc1ccc(OC)c(OC)c1. The fourth-order valence-corrected chi connectivity index (χ4v) is 1.87. The lowest BCUT2D eigenvalue weighted by Crippen LogP contribution is -2.43. The lowest BCUT2D eigenvalue weighted by atomic mass is 10.1. The predicted octanol–water partition coefficient (Wildman–Crippen LogP) is 1.02. The van der Waals surface area contributed by atoms with Crippen LogP contribution in [0.2, 0.25) is 0 Å². The van der Waals surface area contributed by atoms with Gasteiger partial charge in [0.2, 0.25) is 0 Å². The van der Waals surface area contributed by atoms with E-state index in [2.05, 4.69) is 5.32 Å². The van der Waals surface area contributed by atoms with E-state index in [0.29, 0.717) is 17.9 Å². The van der Waals surface area contributed by atoms with Gasteiger partial charge in [0.25, 0.3) is 5.91 Å². The normalized spacial score (nSPS) is 11.2. The Morgan fingerprint density at radius 3 is 2.38 bits per heavy atom. The minimum Gasteiger partial charge on any atom is -0.493 e. The van der Waals surface area contributed by atoms with Gasteiger partial charge in [0, 0.05) is 13.5 Å². The van der Waals surface area contributed by atoms with Crippen LogP contribution >= 0.6 is 0 Å². The highest BCUT2D eigenvalue weighted by atomic mass is 16.5. The van der Waals surface area contributed by atoms with Gasteiger partial charge in [0.05, 0.1) is 14.2 Å². The highest BCUT2D eigenvalue weighted by Gasteiger charge is 2.19. The quantitative estimate of drug-likeness (QED) is 0.720. The van der Waals surface area contributed by atoms with Gasteiger partial charge in [-0.15, -0.1) is 0 Å². The van der Waals surface area contributed by atoms with Crippen LogP contribution < -0.4 is 20.1 Å². The second kappa shape index (κ2) is 9.39. The molecule has 0 saturated heterocycles. The lowest BCUT2D eigenvalue weighted by molar-refractivity contribution is -0.154. The van der Waals surface area contributed by atoms with Crippen molar-refractivity contribution >= 4 is 17.9 Å². The van der Waals surface area contributed by atoms with E-state index in [-0.39, 0.29) is 6.42 Å². The molecule has 132 valence electrons. The maximum Gasteiger partial charge on any atom is 0.321 e. The van der Waals surface area contributed by atoms with E-state index in [1.807, 2.05) is 11.4 Å². The zero-order valence-corrected chi connectivity index (χ0v) is 14.2. The van der Waals surface area contributed by atoms with E-state index in [4.69, 9.17) is 14.2 Å². The molecular formula is C16H22N2O6. The summed E-state index contributed by atoms with van der Waals surface area (Å²) in [5.74, 6) is -0.0526. The number of carbonyl (C=O) groups excluding carboxylic acids is 3. The van der Waals surface area contributed by atoms with E-state index in [1.54, 1.807) is 19.2 Å². The Bertz CT molecular complexity index is 602. The first-order valence-electron chi connectivity index (χ1n) is 7.34. The number of amides is 3. The fourth-order valence-electron chi connectivity index (χ4n) is 1.87. The molecule has 0 heterocycles. The largest absolute Gasteiger partial charge is 0.493 e. The molecule has 0 aromatic heterocycles. The third-order valence-electron chi connectivity index (χ3n) is 3.21. The van der Waals surface area contributed by atoms with Crippen molar-refractivity contribution in [2.75, 3.05) is 21.3 Å². The monoisotopic (exact) mass is 338 g/mol. The number of esters is 1. The third kappa shape index (κ3) is 5.79. The minimum atomic E-state index is -1.06. The second-order valence-electron chi connectivity index (χ2n) is 4.89. The average Bonchev–Trinajstić information content (AvgIpc) is 2.59. The number of methoxy groups -OCH3 is 2. The zero-order chi connectivity index (χ0) is 18.1. The Kier molecular flexibility index (Phi) is 7.54. The minimum absolute atomic E-state index is 0.0904. The van der Waals surface area contributed by atoms with Crippen molar-refractivity contribution in [1.29, 1.82) is 0 Å². The van der Waals surface area contributed by atoms with Gasteiger partial charge in [-0.05, 0) is 31.0 Å². The number of aryl methyl sites for hydroxylation is 1. The van der Waals surface area contributed by atoms with Gasteiger partial charge in [-0.25, -0.2) is 4.79 Å². The number of hydrogen-bond acceptors (Lipinski definition) is 6. The number of urea groups is 1. The van der Waals surface area contributed by atoms with E-state index < -0.39 is 24.0 Å². The molecule has 3 amide bonds. The molecule has 1 atom stereocenters. The van der Waals surface area contributed by atoms with Crippen LogP contribution in [0.3, 0.4) is 0 Å². The van der Waals surface area contributed by atoms with Crippen LogP contribution in [0.5, 0.6) is 11.5 Å². The Balaban J connectivity index is 2.51. The van der Waals surface area contributed by atoms with Crippen LogP contribution in [0.15, 0.2) is 18.2 Å². The number of imide groups is 1. The number of hydrogen-bond donors (Lipinski definition) is 2. The van der Waals surface area contributed by atoms with Crippen LogP contribution in [-0.4, -0.2) is 45.3 Å². The molecule has 0 fully saturated rings. The number of rotatable bonds is 7. The summed E-state index contributed by atoms with van der Waals surface area (Å²) in [7, 11) is 4.45. The van der Waals surface area contributed by atoms with Crippen molar-refractivity contribution in [3.8, 4) is 11.5 Å². The Hall–Kier alpha value is -2.77. The van der Waals surface area contributed by atoms with Crippen molar-refractivity contribution in [1.82, 2.24) is 10.6 Å². The van der Waals surface area contributed by atoms with E-state index >= 15 is 0 Å². The number of benzene rings is 1.